The van der Waals surface area contributed by atoms with Crippen molar-refractivity contribution in [1.29, 1.82) is 0 Å². The molecule has 3 atom stereocenters. The van der Waals surface area contributed by atoms with E-state index >= 15 is 0 Å². The average Bonchev–Trinajstić information content (AvgIpc) is 2.39. The molecule has 7 heteroatoms. The molecule has 2 rings (SSSR count). The number of carbonyl (C=O) groups excluding carboxylic acids is 1. The minimum Gasteiger partial charge on any atom is -0.335 e. The van der Waals surface area contributed by atoms with Gasteiger partial charge in [-0.15, -0.1) is 0 Å². The molecule has 0 aromatic carbocycles. The van der Waals surface area contributed by atoms with E-state index in [1.54, 1.807) is 4.90 Å². The maximum Gasteiger partial charge on any atom is 0.317 e. The first kappa shape index (κ1) is 16.5. The molecule has 0 aromatic rings. The molecular weight excluding hydrogens is 290 g/mol. The van der Waals surface area contributed by atoms with E-state index in [0.717, 1.165) is 25.5 Å². The van der Waals surface area contributed by atoms with E-state index in [9.17, 15) is 13.2 Å². The monoisotopic (exact) mass is 317 g/mol. The lowest BCUT2D eigenvalue weighted by atomic mass is 9.86. The summed E-state index contributed by atoms with van der Waals surface area (Å²) in [6.07, 6.45) is 7.42. The number of carbonyl (C=O) groups is 1. The zero-order chi connectivity index (χ0) is 15.5. The smallest absolute Gasteiger partial charge is 0.317 e. The largest absolute Gasteiger partial charge is 0.335 e. The van der Waals surface area contributed by atoms with Crippen molar-refractivity contribution in [3.8, 4) is 0 Å². The highest BCUT2D eigenvalue weighted by Gasteiger charge is 2.28. The Balaban J connectivity index is 1.86. The second kappa shape index (κ2) is 6.96. The molecule has 2 aliphatic rings. The predicted octanol–water partition coefficient (Wildman–Crippen LogP) is 1.29. The molecule has 1 aliphatic carbocycles. The van der Waals surface area contributed by atoms with Crippen LogP contribution in [0.4, 0.5) is 4.79 Å². The second-order valence-electron chi connectivity index (χ2n) is 6.49. The van der Waals surface area contributed by atoms with Gasteiger partial charge in [-0.2, -0.15) is 0 Å². The summed E-state index contributed by atoms with van der Waals surface area (Å²) in [4.78, 5) is 14.1. The first-order valence-electron chi connectivity index (χ1n) is 7.88. The van der Waals surface area contributed by atoms with Crippen molar-refractivity contribution in [3.63, 3.8) is 0 Å². The highest BCUT2D eigenvalue weighted by atomic mass is 32.2. The van der Waals surface area contributed by atoms with Crippen molar-refractivity contribution in [2.45, 2.75) is 57.5 Å². The third kappa shape index (κ3) is 5.14. The lowest BCUT2D eigenvalue weighted by Crippen LogP contribution is -2.54. The fourth-order valence-electron chi connectivity index (χ4n) is 3.34. The van der Waals surface area contributed by atoms with Gasteiger partial charge in [-0.3, -0.25) is 0 Å². The van der Waals surface area contributed by atoms with Gasteiger partial charge in [0.15, 0.2) is 0 Å². The molecule has 0 bridgehead atoms. The first-order chi connectivity index (χ1) is 9.85. The molecule has 0 spiro atoms. The lowest BCUT2D eigenvalue weighted by molar-refractivity contribution is 0.165. The number of nitrogens with zero attached hydrogens (tertiary/aromatic N) is 1. The van der Waals surface area contributed by atoms with Gasteiger partial charge >= 0.3 is 6.03 Å². The summed E-state index contributed by atoms with van der Waals surface area (Å²) in [6.45, 7) is 3.35. The minimum atomic E-state index is -3.22. The number of sulfonamides is 1. The Hall–Kier alpha value is -0.820. The van der Waals surface area contributed by atoms with Crippen molar-refractivity contribution in [3.05, 3.63) is 0 Å². The number of likely N-dealkylation sites (tertiary alicyclic amines) is 1. The van der Waals surface area contributed by atoms with Gasteiger partial charge in [0.1, 0.15) is 0 Å². The van der Waals surface area contributed by atoms with E-state index in [1.807, 2.05) is 0 Å². The fourth-order valence-corrected chi connectivity index (χ4v) is 4.14. The molecule has 0 unspecified atom stereocenters. The van der Waals surface area contributed by atoms with Gasteiger partial charge in [0.2, 0.25) is 10.0 Å². The number of urea groups is 1. The Morgan fingerprint density at radius 1 is 1.14 bits per heavy atom. The van der Waals surface area contributed by atoms with Crippen LogP contribution in [0.2, 0.25) is 0 Å². The van der Waals surface area contributed by atoms with E-state index in [0.29, 0.717) is 19.0 Å². The van der Waals surface area contributed by atoms with E-state index in [2.05, 4.69) is 17.0 Å². The molecule has 1 heterocycles. The van der Waals surface area contributed by atoms with E-state index in [-0.39, 0.29) is 18.1 Å². The maximum absolute atomic E-state index is 12.4. The first-order valence-corrected chi connectivity index (χ1v) is 9.77. The summed E-state index contributed by atoms with van der Waals surface area (Å²) in [5.41, 5.74) is 0. The van der Waals surface area contributed by atoms with Crippen LogP contribution in [0.1, 0.15) is 45.4 Å². The molecule has 0 radical (unpaired) electrons. The van der Waals surface area contributed by atoms with Crippen LogP contribution in [0.15, 0.2) is 0 Å². The number of rotatable bonds is 3. The van der Waals surface area contributed by atoms with Crippen molar-refractivity contribution in [2.75, 3.05) is 19.3 Å². The third-order valence-corrected chi connectivity index (χ3v) is 5.27. The summed E-state index contributed by atoms with van der Waals surface area (Å²) >= 11 is 0. The number of hydrogen-bond acceptors (Lipinski definition) is 3. The van der Waals surface area contributed by atoms with Crippen LogP contribution >= 0.6 is 0 Å². The molecule has 122 valence electrons. The van der Waals surface area contributed by atoms with Gasteiger partial charge in [-0.05, 0) is 31.6 Å². The van der Waals surface area contributed by atoms with Gasteiger partial charge in [-0.25, -0.2) is 17.9 Å². The molecule has 2 N–H and O–H groups in total. The number of piperidine rings is 1. The number of nitrogens with one attached hydrogen (secondary N) is 2. The minimum absolute atomic E-state index is 0.0475. The quantitative estimate of drug-likeness (QED) is 0.823. The molecule has 1 aliphatic heterocycles. The topological polar surface area (TPSA) is 78.5 Å². The summed E-state index contributed by atoms with van der Waals surface area (Å²) in [7, 11) is -3.22. The molecule has 2 amide bonds. The molecular formula is C14H27N3O3S. The van der Waals surface area contributed by atoms with Crippen LogP contribution < -0.4 is 10.0 Å². The van der Waals surface area contributed by atoms with E-state index in [4.69, 9.17) is 0 Å². The standard InChI is InChI=1S/C14H27N3O3S/c1-11-6-3-4-8-13(11)15-14(18)17-9-5-7-12(10-17)16-21(2,19)20/h11-13,16H,3-10H2,1-2H3,(H,15,18)/t11-,12+,13-/m1/s1. The normalized spacial score (nSPS) is 31.0. The molecule has 21 heavy (non-hydrogen) atoms. The highest BCUT2D eigenvalue weighted by Crippen LogP contribution is 2.24. The van der Waals surface area contributed by atoms with Gasteiger partial charge < -0.3 is 10.2 Å². The van der Waals surface area contributed by atoms with Gasteiger partial charge in [-0.1, -0.05) is 19.8 Å². The predicted molar refractivity (Wildman–Crippen MR) is 82.5 cm³/mol. The fraction of sp³-hybridized carbons (Fsp3) is 0.929. The number of hydrogen-bond donors (Lipinski definition) is 2. The van der Waals surface area contributed by atoms with Crippen molar-refractivity contribution >= 4 is 16.1 Å². The third-order valence-electron chi connectivity index (χ3n) is 4.51. The van der Waals surface area contributed by atoms with Crippen molar-refractivity contribution in [1.82, 2.24) is 14.9 Å². The van der Waals surface area contributed by atoms with Gasteiger partial charge in [0, 0.05) is 25.2 Å². The summed E-state index contributed by atoms with van der Waals surface area (Å²) in [5.74, 6) is 0.525. The van der Waals surface area contributed by atoms with E-state index in [1.165, 1.54) is 19.3 Å². The van der Waals surface area contributed by atoms with Crippen molar-refractivity contribution in [2.24, 2.45) is 5.92 Å². The molecule has 6 nitrogen and oxygen atoms in total. The summed E-state index contributed by atoms with van der Waals surface area (Å²) in [5, 5.41) is 3.13. The van der Waals surface area contributed by atoms with Crippen LogP contribution in [0, 0.1) is 5.92 Å². The zero-order valence-corrected chi connectivity index (χ0v) is 13.8. The molecule has 2 fully saturated rings. The SMILES string of the molecule is C[C@@H]1CCCC[C@H]1NC(=O)N1CCC[C@H](NS(C)(=O)=O)C1. The highest BCUT2D eigenvalue weighted by molar-refractivity contribution is 7.88. The van der Waals surface area contributed by atoms with Crippen LogP contribution in [-0.2, 0) is 10.0 Å². The Labute approximate surface area is 127 Å². The second-order valence-corrected chi connectivity index (χ2v) is 8.27. The summed E-state index contributed by atoms with van der Waals surface area (Å²) in [6, 6.07) is 0.0477. The Morgan fingerprint density at radius 3 is 2.52 bits per heavy atom. The molecule has 1 saturated carbocycles. The van der Waals surface area contributed by atoms with Crippen LogP contribution in [-0.4, -0.2) is 50.8 Å². The van der Waals surface area contributed by atoms with Gasteiger partial charge in [0.05, 0.1) is 6.26 Å². The molecule has 0 aromatic heterocycles. The average molecular weight is 317 g/mol. The Bertz CT molecular complexity index is 466. The van der Waals surface area contributed by atoms with E-state index < -0.39 is 10.0 Å². The van der Waals surface area contributed by atoms with Gasteiger partial charge in [0.25, 0.3) is 0 Å². The number of amides is 2. The van der Waals surface area contributed by atoms with Crippen LogP contribution in [0.3, 0.4) is 0 Å². The Kier molecular flexibility index (Phi) is 5.48. The van der Waals surface area contributed by atoms with Crippen LogP contribution in [0.5, 0.6) is 0 Å². The zero-order valence-electron chi connectivity index (χ0n) is 13.0. The van der Waals surface area contributed by atoms with Crippen LogP contribution in [0.25, 0.3) is 0 Å². The molecule has 1 saturated heterocycles. The summed E-state index contributed by atoms with van der Waals surface area (Å²) < 4.78 is 25.2. The lowest BCUT2D eigenvalue weighted by Gasteiger charge is -2.36. The van der Waals surface area contributed by atoms with Crippen molar-refractivity contribution < 1.29 is 13.2 Å². The Morgan fingerprint density at radius 2 is 1.86 bits per heavy atom. The maximum atomic E-state index is 12.4.